The average molecular weight is 1090 g/mol. The van der Waals surface area contributed by atoms with E-state index in [2.05, 4.69) is 319 Å². The van der Waals surface area contributed by atoms with Gasteiger partial charge in [-0.25, -0.2) is 4.98 Å². The molecule has 412 valence electrons. The molecule has 0 saturated carbocycles. The molecule has 0 unspecified atom stereocenters. The van der Waals surface area contributed by atoms with Gasteiger partial charge >= 0.3 is 0 Å². The van der Waals surface area contributed by atoms with Gasteiger partial charge in [-0.3, -0.25) is 4.57 Å². The second kappa shape index (κ2) is 19.9. The van der Waals surface area contributed by atoms with E-state index in [1.165, 1.54) is 72.1 Å². The predicted octanol–water partition coefficient (Wildman–Crippen LogP) is 20.8. The van der Waals surface area contributed by atoms with Crippen LogP contribution in [0.4, 0.5) is 22.7 Å². The highest BCUT2D eigenvalue weighted by Crippen LogP contribution is 2.59. The van der Waals surface area contributed by atoms with Crippen molar-refractivity contribution in [3.63, 3.8) is 0 Å². The van der Waals surface area contributed by atoms with Crippen LogP contribution in [0, 0.1) is 0 Å². The molecule has 3 heterocycles. The number of rotatable bonds is 9. The quantitative estimate of drug-likeness (QED) is 0.144. The number of ether oxygens (including phenoxy) is 1. The van der Waals surface area contributed by atoms with Crippen molar-refractivity contribution in [3.8, 4) is 50.7 Å². The van der Waals surface area contributed by atoms with E-state index < -0.39 is 5.41 Å². The molecule has 0 amide bonds. The molecule has 2 aromatic heterocycles. The molecule has 0 spiro atoms. The van der Waals surface area contributed by atoms with Gasteiger partial charge in [0.25, 0.3) is 0 Å². The largest absolute Gasteiger partial charge is 0.457 e. The van der Waals surface area contributed by atoms with E-state index in [-0.39, 0.29) is 16.2 Å². The number of anilines is 4. The molecule has 0 fully saturated rings. The lowest BCUT2D eigenvalue weighted by Crippen LogP contribution is -2.30. The first-order valence-corrected chi connectivity index (χ1v) is 29.6. The summed E-state index contributed by atoms with van der Waals surface area (Å²) in [6.07, 6.45) is 1.94. The van der Waals surface area contributed by atoms with Crippen molar-refractivity contribution in [1.82, 2.24) is 9.55 Å². The summed E-state index contributed by atoms with van der Waals surface area (Å²) >= 11 is 0. The van der Waals surface area contributed by atoms with Crippen molar-refractivity contribution >= 4 is 44.6 Å². The lowest BCUT2D eigenvalue weighted by molar-refractivity contribution is 0.482. The number of para-hydroxylation sites is 4. The Bertz CT molecular complexity index is 4380. The van der Waals surface area contributed by atoms with Gasteiger partial charge in [-0.15, -0.1) is 0 Å². The molecular formula is C79H70N4O. The van der Waals surface area contributed by atoms with Gasteiger partial charge in [0.05, 0.1) is 33.5 Å². The van der Waals surface area contributed by atoms with Gasteiger partial charge in [0, 0.05) is 45.9 Å². The summed E-state index contributed by atoms with van der Waals surface area (Å²) < 4.78 is 9.82. The van der Waals surface area contributed by atoms with E-state index in [9.17, 15) is 0 Å². The highest BCUT2D eigenvalue weighted by Gasteiger charge is 2.48. The number of pyridine rings is 1. The molecule has 0 N–H and O–H groups in total. The van der Waals surface area contributed by atoms with Gasteiger partial charge in [-0.05, 0) is 132 Å². The fourth-order valence-electron chi connectivity index (χ4n) is 13.3. The highest BCUT2D eigenvalue weighted by molar-refractivity contribution is 6.09. The maximum Gasteiger partial charge on any atom is 0.137 e. The van der Waals surface area contributed by atoms with Crippen LogP contribution >= 0.6 is 0 Å². The molecule has 5 nitrogen and oxygen atoms in total. The molecule has 12 aromatic rings. The Morgan fingerprint density at radius 2 is 0.929 bits per heavy atom. The number of hydrogen-bond donors (Lipinski definition) is 0. The third kappa shape index (κ3) is 8.79. The highest BCUT2D eigenvalue weighted by atomic mass is 16.5. The van der Waals surface area contributed by atoms with Crippen LogP contribution in [0.3, 0.4) is 0 Å². The van der Waals surface area contributed by atoms with Crippen LogP contribution < -0.4 is 14.5 Å². The monoisotopic (exact) mass is 1090 g/mol. The molecular weight excluding hydrogens is 1020 g/mol. The van der Waals surface area contributed by atoms with E-state index in [1.54, 1.807) is 0 Å². The Morgan fingerprint density at radius 3 is 1.54 bits per heavy atom. The zero-order chi connectivity index (χ0) is 57.7. The summed E-state index contributed by atoms with van der Waals surface area (Å²) in [6.45, 7) is 21.3. The van der Waals surface area contributed by atoms with Crippen molar-refractivity contribution in [2.45, 2.75) is 84.0 Å². The minimum atomic E-state index is -0.744. The maximum atomic E-state index is 7.52. The van der Waals surface area contributed by atoms with Gasteiger partial charge in [0.2, 0.25) is 0 Å². The summed E-state index contributed by atoms with van der Waals surface area (Å²) in [7, 11) is 0. The molecule has 10 aromatic carbocycles. The third-order valence-corrected chi connectivity index (χ3v) is 17.7. The first-order valence-electron chi connectivity index (χ1n) is 29.6. The fraction of sp³-hybridized carbons (Fsp3) is 0.177. The zero-order valence-electron chi connectivity index (χ0n) is 49.6. The molecule has 0 atom stereocenters. The van der Waals surface area contributed by atoms with Crippen LogP contribution in [0.1, 0.15) is 101 Å². The van der Waals surface area contributed by atoms with Crippen molar-refractivity contribution < 1.29 is 4.74 Å². The van der Waals surface area contributed by atoms with E-state index in [4.69, 9.17) is 9.72 Å². The normalized spacial score (nSPS) is 13.8. The molecule has 5 heteroatoms. The zero-order valence-corrected chi connectivity index (χ0v) is 49.6. The van der Waals surface area contributed by atoms with E-state index in [0.29, 0.717) is 6.67 Å². The van der Waals surface area contributed by atoms with Crippen molar-refractivity contribution in [2.75, 3.05) is 16.5 Å². The molecule has 0 radical (unpaired) electrons. The minimum absolute atomic E-state index is 0.0585. The van der Waals surface area contributed by atoms with Gasteiger partial charge in [-0.1, -0.05) is 238 Å². The lowest BCUT2D eigenvalue weighted by atomic mass is 9.67. The molecule has 2 aliphatic rings. The Morgan fingerprint density at radius 1 is 0.393 bits per heavy atom. The van der Waals surface area contributed by atoms with Gasteiger partial charge in [0.1, 0.15) is 24.0 Å². The van der Waals surface area contributed by atoms with Crippen molar-refractivity contribution in [3.05, 3.63) is 288 Å². The summed E-state index contributed by atoms with van der Waals surface area (Å²) in [5.74, 6) is 2.36. The fourth-order valence-corrected chi connectivity index (χ4v) is 13.3. The first-order chi connectivity index (χ1) is 40.5. The second-order valence-corrected chi connectivity index (χ2v) is 26.1. The van der Waals surface area contributed by atoms with Crippen LogP contribution in [0.2, 0.25) is 0 Å². The Hall–Kier alpha value is -9.45. The van der Waals surface area contributed by atoms with Crippen LogP contribution in [0.15, 0.2) is 249 Å². The lowest BCUT2D eigenvalue weighted by Gasteiger charge is -2.35. The number of hydrogen-bond acceptors (Lipinski definition) is 4. The van der Waals surface area contributed by atoms with Crippen LogP contribution in [0.25, 0.3) is 61.0 Å². The summed E-state index contributed by atoms with van der Waals surface area (Å²) in [6, 6.07) is 89.7. The standard InChI is InChI=1S/C79H70N4O/c1-76(2,3)55-36-40-68-66(46-55)67-47-56(77(4,5)6)37-41-69(67)79(68,54-28-17-12-18-29-54)58-44-59(49-61(45-58)84-60-38-39-65-64-30-19-20-33-70(64)83(73(65)50-60)74-48-57(42-43-80-74)78(7,8)9)81-51-82(72-35-22-21-34-71(72)81)75-62(52-24-13-10-14-25-52)31-23-32-63(75)53-26-15-11-16-27-53/h10-50H,51H2,1-9H3. The molecule has 14 rings (SSSR count). The Balaban J connectivity index is 1.02. The molecule has 0 saturated heterocycles. The summed E-state index contributed by atoms with van der Waals surface area (Å²) in [5.41, 5.74) is 21.5. The average Bonchev–Trinajstić information content (AvgIpc) is 1.74. The smallest absolute Gasteiger partial charge is 0.137 e. The molecule has 1 aliphatic heterocycles. The van der Waals surface area contributed by atoms with E-state index in [0.717, 1.165) is 62.0 Å². The third-order valence-electron chi connectivity index (χ3n) is 17.7. The van der Waals surface area contributed by atoms with E-state index >= 15 is 0 Å². The topological polar surface area (TPSA) is 33.5 Å². The van der Waals surface area contributed by atoms with Gasteiger partial charge in [0.15, 0.2) is 0 Å². The Kier molecular flexibility index (Phi) is 12.5. The van der Waals surface area contributed by atoms with Crippen molar-refractivity contribution in [1.29, 1.82) is 0 Å². The minimum Gasteiger partial charge on any atom is -0.457 e. The maximum absolute atomic E-state index is 7.52. The predicted molar refractivity (Wildman–Crippen MR) is 351 cm³/mol. The molecule has 1 aliphatic carbocycles. The second-order valence-electron chi connectivity index (χ2n) is 26.1. The SMILES string of the molecule is CC(C)(C)c1ccnc(-n2c3ccccc3c3ccc(Oc4cc(N5CN(c6c(-c7ccccc7)cccc6-c6ccccc6)c6ccccc65)cc(C5(c6ccccc6)c6ccc(C(C)(C)C)cc6-c6cc(C(C)(C)C)ccc65)c4)cc32)c1. The van der Waals surface area contributed by atoms with Crippen LogP contribution in [-0.4, -0.2) is 16.2 Å². The number of aromatic nitrogens is 2. The van der Waals surface area contributed by atoms with E-state index in [1.807, 2.05) is 6.20 Å². The van der Waals surface area contributed by atoms with Crippen LogP contribution in [0.5, 0.6) is 11.5 Å². The summed E-state index contributed by atoms with van der Waals surface area (Å²) in [5, 5.41) is 2.31. The van der Waals surface area contributed by atoms with Crippen LogP contribution in [-0.2, 0) is 21.7 Å². The van der Waals surface area contributed by atoms with Crippen molar-refractivity contribution in [2.24, 2.45) is 0 Å². The molecule has 84 heavy (non-hydrogen) atoms. The first kappa shape index (κ1) is 52.6. The van der Waals surface area contributed by atoms with Gasteiger partial charge < -0.3 is 14.5 Å². The van der Waals surface area contributed by atoms with Gasteiger partial charge in [-0.2, -0.15) is 0 Å². The number of nitrogens with zero attached hydrogens (tertiary/aromatic N) is 4. The number of benzene rings is 10. The molecule has 0 bridgehead atoms. The number of fused-ring (bicyclic) bond motifs is 7. The Labute approximate surface area is 495 Å². The summed E-state index contributed by atoms with van der Waals surface area (Å²) in [4.78, 5) is 10.1.